The summed E-state index contributed by atoms with van der Waals surface area (Å²) in [6, 6.07) is 4.84. The Balaban J connectivity index is 1.94. The predicted octanol–water partition coefficient (Wildman–Crippen LogP) is 2.39. The summed E-state index contributed by atoms with van der Waals surface area (Å²) in [7, 11) is 1.53. The van der Waals surface area contributed by atoms with Gasteiger partial charge in [-0.25, -0.2) is 4.79 Å². The Morgan fingerprint density at radius 1 is 1.45 bits per heavy atom. The number of rotatable bonds is 4. The molecular weight excluding hydrogens is 258 g/mol. The third-order valence-corrected chi connectivity index (χ3v) is 3.35. The van der Waals surface area contributed by atoms with E-state index in [2.05, 4.69) is 0 Å². The molecule has 1 fully saturated rings. The number of anilines is 1. The molecule has 1 unspecified atom stereocenters. The van der Waals surface area contributed by atoms with E-state index in [1.54, 1.807) is 18.2 Å². The smallest absolute Gasteiger partial charge is 0.338 e. The van der Waals surface area contributed by atoms with Crippen LogP contribution in [0.2, 0.25) is 0 Å². The monoisotopic (exact) mass is 279 g/mol. The van der Waals surface area contributed by atoms with Gasteiger partial charge < -0.3 is 19.9 Å². The van der Waals surface area contributed by atoms with Crippen LogP contribution in [0, 0.1) is 0 Å². The van der Waals surface area contributed by atoms with Gasteiger partial charge in [-0.2, -0.15) is 0 Å². The van der Waals surface area contributed by atoms with E-state index in [-0.39, 0.29) is 18.3 Å². The van der Waals surface area contributed by atoms with Gasteiger partial charge in [-0.05, 0) is 38.8 Å². The average molecular weight is 279 g/mol. The van der Waals surface area contributed by atoms with Crippen LogP contribution in [0.1, 0.15) is 37.0 Å². The average Bonchev–Trinajstić information content (AvgIpc) is 2.74. The highest BCUT2D eigenvalue weighted by molar-refractivity contribution is 5.91. The summed E-state index contributed by atoms with van der Waals surface area (Å²) in [4.78, 5) is 12.0. The fraction of sp³-hybridized carbons (Fsp3) is 0.533. The third-order valence-electron chi connectivity index (χ3n) is 3.35. The molecular formula is C15H21NO4. The van der Waals surface area contributed by atoms with Crippen LogP contribution in [0.3, 0.4) is 0 Å². The number of carbonyl (C=O) groups excluding carboxylic acids is 1. The zero-order valence-electron chi connectivity index (χ0n) is 12.1. The lowest BCUT2D eigenvalue weighted by atomic mass is 10.1. The van der Waals surface area contributed by atoms with Crippen molar-refractivity contribution in [3.63, 3.8) is 0 Å². The van der Waals surface area contributed by atoms with E-state index in [4.69, 9.17) is 19.9 Å². The van der Waals surface area contributed by atoms with E-state index in [9.17, 15) is 4.79 Å². The molecule has 1 atom stereocenters. The SMILES string of the molecule is COc1cc(N)cc(C(=O)OCC2CCC(C)(C)O2)c1. The first kappa shape index (κ1) is 14.7. The number of nitrogen functional groups attached to an aromatic ring is 1. The van der Waals surface area contributed by atoms with Crippen LogP contribution >= 0.6 is 0 Å². The minimum Gasteiger partial charge on any atom is -0.497 e. The molecule has 1 saturated heterocycles. The fourth-order valence-corrected chi connectivity index (χ4v) is 2.30. The van der Waals surface area contributed by atoms with Crippen molar-refractivity contribution in [2.45, 2.75) is 38.4 Å². The zero-order chi connectivity index (χ0) is 14.8. The Labute approximate surface area is 119 Å². The number of hydrogen-bond donors (Lipinski definition) is 1. The molecule has 0 amide bonds. The predicted molar refractivity (Wildman–Crippen MR) is 75.9 cm³/mol. The summed E-state index contributed by atoms with van der Waals surface area (Å²) in [5.41, 5.74) is 6.44. The molecule has 1 heterocycles. The summed E-state index contributed by atoms with van der Waals surface area (Å²) in [6.07, 6.45) is 1.85. The molecule has 0 saturated carbocycles. The molecule has 0 aromatic heterocycles. The second-order valence-electron chi connectivity index (χ2n) is 5.63. The van der Waals surface area contributed by atoms with Gasteiger partial charge in [0.2, 0.25) is 0 Å². The fourth-order valence-electron chi connectivity index (χ4n) is 2.30. The number of ether oxygens (including phenoxy) is 3. The molecule has 0 spiro atoms. The lowest BCUT2D eigenvalue weighted by Gasteiger charge is -2.19. The van der Waals surface area contributed by atoms with Crippen molar-refractivity contribution in [2.24, 2.45) is 0 Å². The summed E-state index contributed by atoms with van der Waals surface area (Å²) in [6.45, 7) is 4.34. The van der Waals surface area contributed by atoms with Gasteiger partial charge in [0.1, 0.15) is 12.4 Å². The van der Waals surface area contributed by atoms with Crippen LogP contribution in [0.4, 0.5) is 5.69 Å². The number of hydrogen-bond acceptors (Lipinski definition) is 5. The molecule has 110 valence electrons. The van der Waals surface area contributed by atoms with Crippen LogP contribution in [0.5, 0.6) is 5.75 Å². The Hall–Kier alpha value is -1.75. The maximum atomic E-state index is 12.0. The van der Waals surface area contributed by atoms with Crippen molar-refractivity contribution < 1.29 is 19.0 Å². The molecule has 2 rings (SSSR count). The lowest BCUT2D eigenvalue weighted by Crippen LogP contribution is -2.24. The minimum absolute atomic E-state index is 0.0306. The first-order valence-corrected chi connectivity index (χ1v) is 6.69. The molecule has 0 bridgehead atoms. The summed E-state index contributed by atoms with van der Waals surface area (Å²) < 4.78 is 16.1. The van der Waals surface area contributed by atoms with Crippen LogP contribution in [0.15, 0.2) is 18.2 Å². The van der Waals surface area contributed by atoms with E-state index >= 15 is 0 Å². The lowest BCUT2D eigenvalue weighted by molar-refractivity contribution is -0.0444. The van der Waals surface area contributed by atoms with Gasteiger partial charge in [0.15, 0.2) is 0 Å². The van der Waals surface area contributed by atoms with Crippen LogP contribution in [-0.2, 0) is 9.47 Å². The van der Waals surface area contributed by atoms with Gasteiger partial charge in [0.05, 0.1) is 24.4 Å². The molecule has 5 nitrogen and oxygen atoms in total. The summed E-state index contributed by atoms with van der Waals surface area (Å²) in [5, 5.41) is 0. The highest BCUT2D eigenvalue weighted by atomic mass is 16.6. The Kier molecular flexibility index (Phi) is 4.18. The van der Waals surface area contributed by atoms with Gasteiger partial charge in [0.25, 0.3) is 0 Å². The molecule has 1 aromatic rings. The first-order chi connectivity index (χ1) is 9.39. The number of carbonyl (C=O) groups is 1. The molecule has 1 aromatic carbocycles. The third kappa shape index (κ3) is 3.63. The largest absolute Gasteiger partial charge is 0.497 e. The minimum atomic E-state index is -0.413. The van der Waals surface area contributed by atoms with E-state index in [1.165, 1.54) is 7.11 Å². The van der Waals surface area contributed by atoms with E-state index < -0.39 is 5.97 Å². The van der Waals surface area contributed by atoms with Gasteiger partial charge in [-0.1, -0.05) is 0 Å². The highest BCUT2D eigenvalue weighted by Crippen LogP contribution is 2.29. The van der Waals surface area contributed by atoms with Crippen LogP contribution in [-0.4, -0.2) is 31.4 Å². The standard InChI is InChI=1S/C15H21NO4/c1-15(2)5-4-12(20-15)9-19-14(17)10-6-11(16)8-13(7-10)18-3/h6-8,12H,4-5,9,16H2,1-3H3. The number of benzene rings is 1. The van der Waals surface area contributed by atoms with Crippen molar-refractivity contribution in [3.05, 3.63) is 23.8 Å². The normalized spacial score (nSPS) is 20.6. The van der Waals surface area contributed by atoms with Gasteiger partial charge >= 0.3 is 5.97 Å². The number of esters is 1. The second-order valence-corrected chi connectivity index (χ2v) is 5.63. The van der Waals surface area contributed by atoms with Crippen molar-refractivity contribution in [3.8, 4) is 5.75 Å². The molecule has 0 radical (unpaired) electrons. The molecule has 20 heavy (non-hydrogen) atoms. The quantitative estimate of drug-likeness (QED) is 0.677. The first-order valence-electron chi connectivity index (χ1n) is 6.69. The summed E-state index contributed by atoms with van der Waals surface area (Å²) in [5.74, 6) is 0.124. The topological polar surface area (TPSA) is 70.8 Å². The molecule has 5 heteroatoms. The van der Waals surface area contributed by atoms with E-state index in [0.717, 1.165) is 12.8 Å². The maximum Gasteiger partial charge on any atom is 0.338 e. The zero-order valence-corrected chi connectivity index (χ0v) is 12.1. The molecule has 1 aliphatic rings. The van der Waals surface area contributed by atoms with Crippen molar-refractivity contribution >= 4 is 11.7 Å². The highest BCUT2D eigenvalue weighted by Gasteiger charge is 2.32. The molecule has 0 aliphatic carbocycles. The van der Waals surface area contributed by atoms with Crippen molar-refractivity contribution in [1.82, 2.24) is 0 Å². The van der Waals surface area contributed by atoms with E-state index in [1.807, 2.05) is 13.8 Å². The van der Waals surface area contributed by atoms with Gasteiger partial charge in [-0.3, -0.25) is 0 Å². The number of nitrogens with two attached hydrogens (primary N) is 1. The van der Waals surface area contributed by atoms with Crippen molar-refractivity contribution in [1.29, 1.82) is 0 Å². The summed E-state index contributed by atoms with van der Waals surface area (Å²) >= 11 is 0. The van der Waals surface area contributed by atoms with Gasteiger partial charge in [-0.15, -0.1) is 0 Å². The van der Waals surface area contributed by atoms with E-state index in [0.29, 0.717) is 17.0 Å². The Morgan fingerprint density at radius 2 is 2.20 bits per heavy atom. The molecule has 1 aliphatic heterocycles. The van der Waals surface area contributed by atoms with Crippen LogP contribution < -0.4 is 10.5 Å². The number of methoxy groups -OCH3 is 1. The Morgan fingerprint density at radius 3 is 2.80 bits per heavy atom. The van der Waals surface area contributed by atoms with Gasteiger partial charge in [0, 0.05) is 11.8 Å². The van der Waals surface area contributed by atoms with Crippen molar-refractivity contribution in [2.75, 3.05) is 19.5 Å². The molecule has 2 N–H and O–H groups in total. The Bertz CT molecular complexity index is 499. The second kappa shape index (κ2) is 5.71. The van der Waals surface area contributed by atoms with Crippen LogP contribution in [0.25, 0.3) is 0 Å². The maximum absolute atomic E-state index is 12.0.